The van der Waals surface area contributed by atoms with Crippen molar-refractivity contribution < 1.29 is 0 Å². The fourth-order valence-corrected chi connectivity index (χ4v) is 1.01. The second-order valence-electron chi connectivity index (χ2n) is 3.21. The number of nitrogens with zero attached hydrogens (tertiary/aromatic N) is 1. The number of rotatable bonds is 0. The van der Waals surface area contributed by atoms with E-state index in [1.165, 1.54) is 0 Å². The van der Waals surface area contributed by atoms with E-state index >= 15 is 0 Å². The van der Waals surface area contributed by atoms with Gasteiger partial charge in [0.25, 0.3) is 0 Å². The molecule has 0 spiro atoms. The molecule has 1 atom stereocenters. The average molecular weight is 127 g/mol. The van der Waals surface area contributed by atoms with Crippen LogP contribution in [0, 0.1) is 0 Å². The minimum Gasteiger partial charge on any atom is -0.311 e. The van der Waals surface area contributed by atoms with Crippen molar-refractivity contribution in [2.45, 2.75) is 32.4 Å². The average Bonchev–Trinajstić information content (AvgIpc) is 1.77. The van der Waals surface area contributed by atoms with E-state index in [1.807, 2.05) is 0 Å². The van der Waals surface area contributed by atoms with Gasteiger partial charge < -0.3 is 5.32 Å². The van der Waals surface area contributed by atoms with Crippen molar-refractivity contribution in [3.63, 3.8) is 0 Å². The third-order valence-electron chi connectivity index (χ3n) is 2.14. The van der Waals surface area contributed by atoms with E-state index in [9.17, 15) is 0 Å². The van der Waals surface area contributed by atoms with Crippen LogP contribution in [0.2, 0.25) is 0 Å². The van der Waals surface area contributed by atoms with Crippen molar-refractivity contribution in [1.29, 1.82) is 0 Å². The summed E-state index contributed by atoms with van der Waals surface area (Å²) in [7, 11) is 0. The highest BCUT2D eigenvalue weighted by Crippen LogP contribution is 2.11. The second-order valence-corrected chi connectivity index (χ2v) is 3.21. The van der Waals surface area contributed by atoms with Crippen molar-refractivity contribution in [2.75, 3.05) is 13.1 Å². The fourth-order valence-electron chi connectivity index (χ4n) is 1.01. The van der Waals surface area contributed by atoms with Gasteiger partial charge in [0.05, 0.1) is 0 Å². The molecule has 0 aromatic rings. The van der Waals surface area contributed by atoms with Crippen LogP contribution in [-0.4, -0.2) is 24.7 Å². The van der Waals surface area contributed by atoms with Crippen LogP contribution >= 0.6 is 0 Å². The summed E-state index contributed by atoms with van der Waals surface area (Å²) in [5, 5.41) is 7.86. The number of hydrogen-bond acceptors (Lipinski definition) is 1. The molecule has 2 nitrogen and oxygen atoms in total. The summed E-state index contributed by atoms with van der Waals surface area (Å²) in [5.74, 6) is 0. The third kappa shape index (κ3) is 1.43. The minimum atomic E-state index is 0.151. The molecule has 1 saturated heterocycles. The van der Waals surface area contributed by atoms with Crippen LogP contribution < -0.4 is 10.6 Å². The summed E-state index contributed by atoms with van der Waals surface area (Å²) in [6.07, 6.45) is 0. The number of piperazine rings is 1. The van der Waals surface area contributed by atoms with Gasteiger partial charge in [-0.25, -0.2) is 5.32 Å². The Balaban J connectivity index is 2.49. The Hall–Kier alpha value is -0.0800. The van der Waals surface area contributed by atoms with Gasteiger partial charge in [-0.05, 0) is 20.8 Å². The Labute approximate surface area is 57.0 Å². The molecule has 1 aliphatic heterocycles. The van der Waals surface area contributed by atoms with E-state index in [0.717, 1.165) is 13.1 Å². The standard InChI is InChI=1S/C7H15N2/c1-6-7(2,3)9-5-4-8-6/h6,8H,4-5H2,1-3H3. The van der Waals surface area contributed by atoms with Crippen molar-refractivity contribution in [3.05, 3.63) is 0 Å². The molecular weight excluding hydrogens is 112 g/mol. The molecule has 0 aromatic carbocycles. The lowest BCUT2D eigenvalue weighted by Crippen LogP contribution is -2.57. The molecule has 0 amide bonds. The topological polar surface area (TPSA) is 26.1 Å². The largest absolute Gasteiger partial charge is 0.311 e. The molecule has 1 fully saturated rings. The molecule has 0 bridgehead atoms. The van der Waals surface area contributed by atoms with Crippen molar-refractivity contribution in [3.8, 4) is 0 Å². The van der Waals surface area contributed by atoms with Crippen LogP contribution in [0.5, 0.6) is 0 Å². The van der Waals surface area contributed by atoms with E-state index in [1.54, 1.807) is 0 Å². The lowest BCUT2D eigenvalue weighted by atomic mass is 9.94. The maximum Gasteiger partial charge on any atom is 0.0451 e. The molecule has 1 heterocycles. The first-order valence-corrected chi connectivity index (χ1v) is 3.55. The van der Waals surface area contributed by atoms with Gasteiger partial charge in [-0.1, -0.05) is 0 Å². The quantitative estimate of drug-likeness (QED) is 0.499. The molecule has 1 unspecified atom stereocenters. The number of hydrogen-bond donors (Lipinski definition) is 1. The van der Waals surface area contributed by atoms with Gasteiger partial charge in [0.15, 0.2) is 0 Å². The Morgan fingerprint density at radius 1 is 1.56 bits per heavy atom. The number of nitrogens with one attached hydrogen (secondary N) is 1. The molecule has 0 aromatic heterocycles. The third-order valence-corrected chi connectivity index (χ3v) is 2.14. The zero-order chi connectivity index (χ0) is 6.91. The molecule has 53 valence electrons. The molecular formula is C7H15N2. The lowest BCUT2D eigenvalue weighted by Gasteiger charge is -2.36. The van der Waals surface area contributed by atoms with E-state index in [-0.39, 0.29) is 5.54 Å². The van der Waals surface area contributed by atoms with Crippen LogP contribution in [0.25, 0.3) is 0 Å². The van der Waals surface area contributed by atoms with Gasteiger partial charge in [-0.2, -0.15) is 0 Å². The van der Waals surface area contributed by atoms with Gasteiger partial charge in [0.2, 0.25) is 0 Å². The molecule has 1 rings (SSSR count). The van der Waals surface area contributed by atoms with E-state index in [0.29, 0.717) is 6.04 Å². The summed E-state index contributed by atoms with van der Waals surface area (Å²) in [4.78, 5) is 0. The predicted molar refractivity (Wildman–Crippen MR) is 38.5 cm³/mol. The van der Waals surface area contributed by atoms with E-state index in [2.05, 4.69) is 31.4 Å². The molecule has 1 radical (unpaired) electrons. The van der Waals surface area contributed by atoms with Gasteiger partial charge in [0, 0.05) is 24.7 Å². The highest BCUT2D eigenvalue weighted by Gasteiger charge is 2.28. The molecule has 2 heteroatoms. The van der Waals surface area contributed by atoms with Gasteiger partial charge in [0.1, 0.15) is 0 Å². The molecule has 1 N–H and O–H groups in total. The smallest absolute Gasteiger partial charge is 0.0451 e. The van der Waals surface area contributed by atoms with Gasteiger partial charge in [-0.3, -0.25) is 0 Å². The van der Waals surface area contributed by atoms with E-state index in [4.69, 9.17) is 0 Å². The first-order valence-electron chi connectivity index (χ1n) is 3.55. The summed E-state index contributed by atoms with van der Waals surface area (Å²) < 4.78 is 0. The summed E-state index contributed by atoms with van der Waals surface area (Å²) >= 11 is 0. The van der Waals surface area contributed by atoms with Gasteiger partial charge in [-0.15, -0.1) is 0 Å². The Kier molecular flexibility index (Phi) is 1.78. The fraction of sp³-hybridized carbons (Fsp3) is 1.00. The van der Waals surface area contributed by atoms with Crippen LogP contribution in [0.15, 0.2) is 0 Å². The maximum absolute atomic E-state index is 4.48. The van der Waals surface area contributed by atoms with Crippen LogP contribution in [0.4, 0.5) is 0 Å². The normalized spacial score (nSPS) is 34.3. The monoisotopic (exact) mass is 127 g/mol. The minimum absolute atomic E-state index is 0.151. The Bertz CT molecular complexity index is 99.1. The molecule has 0 saturated carbocycles. The van der Waals surface area contributed by atoms with Crippen LogP contribution in [0.1, 0.15) is 20.8 Å². The molecule has 1 aliphatic rings. The summed E-state index contributed by atoms with van der Waals surface area (Å²) in [5.41, 5.74) is 0.151. The Morgan fingerprint density at radius 2 is 2.22 bits per heavy atom. The predicted octanol–water partition coefficient (Wildman–Crippen LogP) is 0.361. The first kappa shape index (κ1) is 7.03. The van der Waals surface area contributed by atoms with Crippen molar-refractivity contribution in [2.24, 2.45) is 0 Å². The highest BCUT2D eigenvalue weighted by molar-refractivity contribution is 4.91. The first-order chi connectivity index (χ1) is 4.13. The molecule has 9 heavy (non-hydrogen) atoms. The maximum atomic E-state index is 4.48. The van der Waals surface area contributed by atoms with Crippen molar-refractivity contribution in [1.82, 2.24) is 10.6 Å². The van der Waals surface area contributed by atoms with Crippen LogP contribution in [0.3, 0.4) is 0 Å². The lowest BCUT2D eigenvalue weighted by molar-refractivity contribution is 0.244. The van der Waals surface area contributed by atoms with Crippen molar-refractivity contribution >= 4 is 0 Å². The molecule has 0 aliphatic carbocycles. The summed E-state index contributed by atoms with van der Waals surface area (Å²) in [6, 6.07) is 0.534. The zero-order valence-corrected chi connectivity index (χ0v) is 6.44. The SMILES string of the molecule is CC1NCC[N]C1(C)C. The van der Waals surface area contributed by atoms with Crippen LogP contribution in [-0.2, 0) is 0 Å². The highest BCUT2D eigenvalue weighted by atomic mass is 15.1. The van der Waals surface area contributed by atoms with Gasteiger partial charge >= 0.3 is 0 Å². The Morgan fingerprint density at radius 3 is 2.56 bits per heavy atom. The van der Waals surface area contributed by atoms with E-state index < -0.39 is 0 Å². The zero-order valence-electron chi connectivity index (χ0n) is 6.44. The summed E-state index contributed by atoms with van der Waals surface area (Å²) in [6.45, 7) is 8.54. The second kappa shape index (κ2) is 2.27.